The van der Waals surface area contributed by atoms with Crippen LogP contribution in [-0.4, -0.2) is 19.0 Å². The minimum absolute atomic E-state index is 0. The molecule has 0 heterocycles. The lowest BCUT2D eigenvalue weighted by Crippen LogP contribution is -2.10. The molecule has 0 bridgehead atoms. The van der Waals surface area contributed by atoms with Crippen molar-refractivity contribution in [1.82, 2.24) is 4.90 Å². The second kappa shape index (κ2) is 5.78. The maximum absolute atomic E-state index is 2.32. The van der Waals surface area contributed by atoms with Gasteiger partial charge in [0.1, 0.15) is 0 Å². The predicted molar refractivity (Wildman–Crippen MR) is 63.8 cm³/mol. The molecule has 1 aromatic rings. The van der Waals surface area contributed by atoms with Gasteiger partial charge >= 0.3 is 0 Å². The molecule has 0 spiro atoms. The Labute approximate surface area is 93.7 Å². The van der Waals surface area contributed by atoms with Gasteiger partial charge in [0.25, 0.3) is 0 Å². The quantitative estimate of drug-likeness (QED) is 0.759. The normalized spacial score (nSPS) is 9.67. The van der Waals surface area contributed by atoms with Crippen LogP contribution >= 0.6 is 35.0 Å². The van der Waals surface area contributed by atoms with E-state index in [-0.39, 0.29) is 12.4 Å². The highest BCUT2D eigenvalue weighted by Crippen LogP contribution is 2.07. The third kappa shape index (κ3) is 4.28. The van der Waals surface area contributed by atoms with E-state index in [0.717, 1.165) is 6.54 Å². The summed E-state index contributed by atoms with van der Waals surface area (Å²) in [7, 11) is 4.16. The summed E-state index contributed by atoms with van der Waals surface area (Å²) < 4.78 is 1.30. The minimum Gasteiger partial charge on any atom is -0.305 e. The highest BCUT2D eigenvalue weighted by atomic mass is 127. The Morgan fingerprint density at radius 2 is 1.67 bits per heavy atom. The van der Waals surface area contributed by atoms with E-state index in [4.69, 9.17) is 0 Å². The van der Waals surface area contributed by atoms with Crippen LogP contribution in [0.2, 0.25) is 0 Å². The van der Waals surface area contributed by atoms with Crippen molar-refractivity contribution in [2.45, 2.75) is 6.54 Å². The lowest BCUT2D eigenvalue weighted by atomic mass is 10.2. The van der Waals surface area contributed by atoms with Gasteiger partial charge in [-0.1, -0.05) is 12.1 Å². The molecular weight excluding hydrogens is 284 g/mol. The molecule has 0 aromatic heterocycles. The van der Waals surface area contributed by atoms with Crippen LogP contribution in [-0.2, 0) is 6.54 Å². The largest absolute Gasteiger partial charge is 0.305 e. The van der Waals surface area contributed by atoms with Crippen LogP contribution in [0, 0.1) is 3.57 Å². The number of benzene rings is 1. The van der Waals surface area contributed by atoms with Crippen molar-refractivity contribution in [3.8, 4) is 0 Å². The maximum atomic E-state index is 2.32. The van der Waals surface area contributed by atoms with E-state index in [9.17, 15) is 0 Å². The van der Waals surface area contributed by atoms with Gasteiger partial charge in [0, 0.05) is 10.1 Å². The van der Waals surface area contributed by atoms with Crippen LogP contribution < -0.4 is 0 Å². The lowest BCUT2D eigenvalue weighted by molar-refractivity contribution is 0.402. The monoisotopic (exact) mass is 297 g/mol. The average Bonchev–Trinajstić information content (AvgIpc) is 1.93. The van der Waals surface area contributed by atoms with E-state index in [1.807, 2.05) is 0 Å². The molecule has 0 radical (unpaired) electrons. The fourth-order valence-electron chi connectivity index (χ4n) is 0.955. The molecule has 1 nitrogen and oxygen atoms in total. The smallest absolute Gasteiger partial charge is 0.0227 e. The minimum atomic E-state index is 0. The van der Waals surface area contributed by atoms with E-state index >= 15 is 0 Å². The Hall–Kier alpha value is 0.200. The standard InChI is InChI=1S/C9H12IN.ClH/c1-11(2)7-8-3-5-9(10)6-4-8;/h3-6H,7H2,1-2H3;1H. The van der Waals surface area contributed by atoms with Crippen molar-refractivity contribution in [2.75, 3.05) is 14.1 Å². The molecule has 0 fully saturated rings. The molecule has 0 atom stereocenters. The van der Waals surface area contributed by atoms with Gasteiger partial charge in [-0.3, -0.25) is 0 Å². The predicted octanol–water partition coefficient (Wildman–Crippen LogP) is 2.77. The fraction of sp³-hybridized carbons (Fsp3) is 0.333. The van der Waals surface area contributed by atoms with Crippen molar-refractivity contribution in [3.05, 3.63) is 33.4 Å². The summed E-state index contributed by atoms with van der Waals surface area (Å²) in [6.45, 7) is 1.02. The lowest BCUT2D eigenvalue weighted by Gasteiger charge is -2.08. The van der Waals surface area contributed by atoms with Crippen molar-refractivity contribution in [1.29, 1.82) is 0 Å². The summed E-state index contributed by atoms with van der Waals surface area (Å²) in [6, 6.07) is 8.61. The summed E-state index contributed by atoms with van der Waals surface area (Å²) in [4.78, 5) is 2.17. The number of rotatable bonds is 2. The maximum Gasteiger partial charge on any atom is 0.0227 e. The van der Waals surface area contributed by atoms with Gasteiger partial charge in [-0.25, -0.2) is 0 Å². The zero-order valence-electron chi connectivity index (χ0n) is 7.25. The molecule has 0 aliphatic rings. The Balaban J connectivity index is 0.00000121. The highest BCUT2D eigenvalue weighted by molar-refractivity contribution is 14.1. The topological polar surface area (TPSA) is 3.24 Å². The number of hydrogen-bond acceptors (Lipinski definition) is 1. The molecule has 0 unspecified atom stereocenters. The first kappa shape index (κ1) is 12.2. The Bertz CT molecular complexity index is 220. The Kier molecular flexibility index (Phi) is 5.88. The summed E-state index contributed by atoms with van der Waals surface area (Å²) >= 11 is 2.32. The Morgan fingerprint density at radius 3 is 2.08 bits per heavy atom. The van der Waals surface area contributed by atoms with E-state index in [1.54, 1.807) is 0 Å². The van der Waals surface area contributed by atoms with Gasteiger partial charge in [0.15, 0.2) is 0 Å². The summed E-state index contributed by atoms with van der Waals surface area (Å²) in [5.41, 5.74) is 1.37. The first-order valence-electron chi connectivity index (χ1n) is 3.57. The average molecular weight is 298 g/mol. The van der Waals surface area contributed by atoms with Crippen LogP contribution in [0.3, 0.4) is 0 Å². The molecule has 1 rings (SSSR count). The number of nitrogens with zero attached hydrogens (tertiary/aromatic N) is 1. The molecule has 0 saturated carbocycles. The second-order valence-electron chi connectivity index (χ2n) is 2.86. The SMILES string of the molecule is CN(C)Cc1ccc(I)cc1.Cl. The molecule has 68 valence electrons. The first-order chi connectivity index (χ1) is 5.18. The van der Waals surface area contributed by atoms with E-state index in [0.29, 0.717) is 0 Å². The van der Waals surface area contributed by atoms with E-state index < -0.39 is 0 Å². The van der Waals surface area contributed by atoms with Crippen LogP contribution in [0.4, 0.5) is 0 Å². The number of hydrogen-bond donors (Lipinski definition) is 0. The van der Waals surface area contributed by atoms with E-state index in [1.165, 1.54) is 9.13 Å². The fourth-order valence-corrected chi connectivity index (χ4v) is 1.31. The van der Waals surface area contributed by atoms with Crippen molar-refractivity contribution < 1.29 is 0 Å². The zero-order chi connectivity index (χ0) is 8.27. The highest BCUT2D eigenvalue weighted by Gasteiger charge is 1.93. The first-order valence-corrected chi connectivity index (χ1v) is 4.65. The van der Waals surface area contributed by atoms with Gasteiger partial charge in [-0.15, -0.1) is 12.4 Å². The third-order valence-electron chi connectivity index (χ3n) is 1.41. The molecule has 0 saturated heterocycles. The Morgan fingerprint density at radius 1 is 1.17 bits per heavy atom. The van der Waals surface area contributed by atoms with Crippen molar-refractivity contribution in [3.63, 3.8) is 0 Å². The summed E-state index contributed by atoms with van der Waals surface area (Å²) in [5, 5.41) is 0. The van der Waals surface area contributed by atoms with Crippen LogP contribution in [0.15, 0.2) is 24.3 Å². The molecule has 0 aliphatic heterocycles. The van der Waals surface area contributed by atoms with Gasteiger partial charge < -0.3 is 4.90 Å². The van der Waals surface area contributed by atoms with Crippen LogP contribution in [0.5, 0.6) is 0 Å². The second-order valence-corrected chi connectivity index (χ2v) is 4.11. The summed E-state index contributed by atoms with van der Waals surface area (Å²) in [5.74, 6) is 0. The molecule has 1 aromatic carbocycles. The molecule has 0 N–H and O–H groups in total. The van der Waals surface area contributed by atoms with Gasteiger partial charge in [-0.05, 0) is 54.4 Å². The summed E-state index contributed by atoms with van der Waals surface area (Å²) in [6.07, 6.45) is 0. The zero-order valence-corrected chi connectivity index (χ0v) is 10.2. The molecule has 0 aliphatic carbocycles. The molecule has 3 heteroatoms. The third-order valence-corrected chi connectivity index (χ3v) is 2.13. The van der Waals surface area contributed by atoms with Gasteiger partial charge in [-0.2, -0.15) is 0 Å². The van der Waals surface area contributed by atoms with Crippen LogP contribution in [0.25, 0.3) is 0 Å². The molecule has 0 amide bonds. The van der Waals surface area contributed by atoms with Crippen molar-refractivity contribution >= 4 is 35.0 Å². The molecular formula is C9H13ClIN. The van der Waals surface area contributed by atoms with Gasteiger partial charge in [0.05, 0.1) is 0 Å². The van der Waals surface area contributed by atoms with E-state index in [2.05, 4.69) is 65.9 Å². The van der Waals surface area contributed by atoms with Crippen LogP contribution in [0.1, 0.15) is 5.56 Å². The number of halogens is 2. The molecule has 12 heavy (non-hydrogen) atoms. The van der Waals surface area contributed by atoms with Crippen molar-refractivity contribution in [2.24, 2.45) is 0 Å². The van der Waals surface area contributed by atoms with Gasteiger partial charge in [0.2, 0.25) is 0 Å².